The number of nitrogens with one attached hydrogen (secondary N) is 2. The lowest BCUT2D eigenvalue weighted by Crippen LogP contribution is -2.31. The van der Waals surface area contributed by atoms with Gasteiger partial charge in [0.25, 0.3) is 5.91 Å². The van der Waals surface area contributed by atoms with Gasteiger partial charge in [-0.2, -0.15) is 4.98 Å². The normalized spacial score (nSPS) is 15.1. The first-order valence-corrected chi connectivity index (χ1v) is 14.2. The molecule has 4 aromatic rings. The fraction of sp³-hybridized carbons (Fsp3) is 0.281. The number of amides is 1. The number of aryl methyl sites for hydroxylation is 1. The Morgan fingerprint density at radius 3 is 2.38 bits per heavy atom. The standard InChI is InChI=1S/C32H35N5OS/c1-20-11-10-14-26(21(20)2)34-29(38)27-22(3)33-30-35-31(39-19-23-12-8-7-9-13-23)36-37(30)28(27)24-15-17-25(18-16-24)32(4,5)6/h7-18,28H,19H2,1-6H3,(H,34,38)(H,33,35,36). The van der Waals surface area contributed by atoms with Crippen molar-refractivity contribution in [3.8, 4) is 0 Å². The van der Waals surface area contributed by atoms with Crippen LogP contribution in [0.2, 0.25) is 0 Å². The molecule has 6 nitrogen and oxygen atoms in total. The average Bonchev–Trinajstić information content (AvgIpc) is 3.32. The molecule has 2 N–H and O–H groups in total. The van der Waals surface area contributed by atoms with E-state index in [2.05, 4.69) is 67.8 Å². The van der Waals surface area contributed by atoms with Gasteiger partial charge < -0.3 is 10.6 Å². The van der Waals surface area contributed by atoms with E-state index in [1.54, 1.807) is 11.8 Å². The minimum atomic E-state index is -0.418. The SMILES string of the molecule is CC1=C(C(=O)Nc2cccc(C)c2C)C(c2ccc(C(C)(C)C)cc2)n2nc(SCc3ccccc3)nc2N1. The number of carbonyl (C=O) groups excluding carboxylic acids is 1. The molecule has 0 fully saturated rings. The van der Waals surface area contributed by atoms with Crippen LogP contribution in [-0.2, 0) is 16.0 Å². The van der Waals surface area contributed by atoms with Gasteiger partial charge in [-0.1, -0.05) is 99.3 Å². The summed E-state index contributed by atoms with van der Waals surface area (Å²) in [6.45, 7) is 12.6. The summed E-state index contributed by atoms with van der Waals surface area (Å²) in [5.74, 6) is 1.25. The van der Waals surface area contributed by atoms with Crippen LogP contribution in [0.1, 0.15) is 61.6 Å². The lowest BCUT2D eigenvalue weighted by atomic mass is 9.85. The highest BCUT2D eigenvalue weighted by molar-refractivity contribution is 7.98. The molecule has 0 bridgehead atoms. The third kappa shape index (κ3) is 5.64. The van der Waals surface area contributed by atoms with E-state index in [-0.39, 0.29) is 11.3 Å². The van der Waals surface area contributed by atoms with Gasteiger partial charge in [0.05, 0.1) is 5.57 Å². The maximum absolute atomic E-state index is 13.9. The number of hydrogen-bond acceptors (Lipinski definition) is 5. The average molecular weight is 538 g/mol. The van der Waals surface area contributed by atoms with Crippen LogP contribution in [0.3, 0.4) is 0 Å². The van der Waals surface area contributed by atoms with Crippen LogP contribution >= 0.6 is 11.8 Å². The smallest absolute Gasteiger partial charge is 0.255 e. The Labute approximate surface area is 234 Å². The Morgan fingerprint density at radius 1 is 0.974 bits per heavy atom. The Kier molecular flexibility index (Phi) is 7.36. The van der Waals surface area contributed by atoms with Crippen LogP contribution in [0, 0.1) is 13.8 Å². The summed E-state index contributed by atoms with van der Waals surface area (Å²) in [6.07, 6.45) is 0. The van der Waals surface area contributed by atoms with Crippen LogP contribution in [0.4, 0.5) is 11.6 Å². The molecule has 200 valence electrons. The number of anilines is 2. The van der Waals surface area contributed by atoms with Crippen molar-refractivity contribution < 1.29 is 4.79 Å². The Hall–Kier alpha value is -3.84. The molecule has 1 aliphatic heterocycles. The number of nitrogens with zero attached hydrogens (tertiary/aromatic N) is 3. The van der Waals surface area contributed by atoms with Gasteiger partial charge >= 0.3 is 0 Å². The molecule has 0 saturated carbocycles. The van der Waals surface area contributed by atoms with Crippen LogP contribution in [-0.4, -0.2) is 20.7 Å². The molecular weight excluding hydrogens is 502 g/mol. The highest BCUT2D eigenvalue weighted by Crippen LogP contribution is 2.38. The van der Waals surface area contributed by atoms with Crippen LogP contribution in [0.15, 0.2) is 89.2 Å². The first-order valence-electron chi connectivity index (χ1n) is 13.2. The van der Waals surface area contributed by atoms with Gasteiger partial charge in [-0.3, -0.25) is 4.79 Å². The number of carbonyl (C=O) groups is 1. The maximum Gasteiger partial charge on any atom is 0.255 e. The minimum absolute atomic E-state index is 0.0287. The van der Waals surface area contributed by atoms with Crippen molar-refractivity contribution in [2.75, 3.05) is 10.6 Å². The van der Waals surface area contributed by atoms with Crippen LogP contribution in [0.25, 0.3) is 0 Å². The maximum atomic E-state index is 13.9. The summed E-state index contributed by atoms with van der Waals surface area (Å²) in [5, 5.41) is 12.1. The molecule has 1 aliphatic rings. The molecule has 1 atom stereocenters. The largest absolute Gasteiger partial charge is 0.328 e. The van der Waals surface area contributed by atoms with Gasteiger partial charge in [0.1, 0.15) is 6.04 Å². The number of aromatic nitrogens is 3. The van der Waals surface area contributed by atoms with Crippen molar-refractivity contribution >= 4 is 29.3 Å². The number of thioether (sulfide) groups is 1. The van der Waals surface area contributed by atoms with E-state index in [1.165, 1.54) is 11.1 Å². The number of rotatable bonds is 6. The van der Waals surface area contributed by atoms with Gasteiger partial charge in [0.15, 0.2) is 0 Å². The van der Waals surface area contributed by atoms with Gasteiger partial charge in [0.2, 0.25) is 11.1 Å². The number of hydrogen-bond donors (Lipinski definition) is 2. The Balaban J connectivity index is 1.52. The van der Waals surface area contributed by atoms with Crippen molar-refractivity contribution in [1.29, 1.82) is 0 Å². The molecule has 3 aromatic carbocycles. The van der Waals surface area contributed by atoms with E-state index >= 15 is 0 Å². The van der Waals surface area contributed by atoms with E-state index < -0.39 is 6.04 Å². The molecule has 5 rings (SSSR count). The lowest BCUT2D eigenvalue weighted by Gasteiger charge is -2.29. The third-order valence-electron chi connectivity index (χ3n) is 7.23. The molecule has 1 unspecified atom stereocenters. The predicted molar refractivity (Wildman–Crippen MR) is 160 cm³/mol. The molecule has 0 saturated heterocycles. The molecule has 1 amide bonds. The Morgan fingerprint density at radius 2 is 1.69 bits per heavy atom. The molecule has 39 heavy (non-hydrogen) atoms. The van der Waals surface area contributed by atoms with E-state index in [0.29, 0.717) is 16.7 Å². The van der Waals surface area contributed by atoms with E-state index in [0.717, 1.165) is 33.8 Å². The Bertz CT molecular complexity index is 1530. The quantitative estimate of drug-likeness (QED) is 0.251. The van der Waals surface area contributed by atoms with E-state index in [1.807, 2.05) is 61.9 Å². The summed E-state index contributed by atoms with van der Waals surface area (Å²) in [6, 6.07) is 24.3. The topological polar surface area (TPSA) is 71.8 Å². The van der Waals surface area contributed by atoms with Crippen molar-refractivity contribution in [2.24, 2.45) is 0 Å². The zero-order chi connectivity index (χ0) is 27.7. The second-order valence-corrected chi connectivity index (χ2v) is 12.0. The van der Waals surface area contributed by atoms with E-state index in [9.17, 15) is 4.79 Å². The lowest BCUT2D eigenvalue weighted by molar-refractivity contribution is -0.113. The van der Waals surface area contributed by atoms with Gasteiger partial charge in [-0.15, -0.1) is 5.10 Å². The second-order valence-electron chi connectivity index (χ2n) is 11.1. The van der Waals surface area contributed by atoms with Crippen molar-refractivity contribution in [2.45, 2.75) is 63.9 Å². The highest BCUT2D eigenvalue weighted by Gasteiger charge is 2.34. The fourth-order valence-corrected chi connectivity index (χ4v) is 5.54. The van der Waals surface area contributed by atoms with E-state index in [4.69, 9.17) is 10.1 Å². The first kappa shape index (κ1) is 26.8. The van der Waals surface area contributed by atoms with Crippen molar-refractivity contribution in [1.82, 2.24) is 14.8 Å². The molecule has 0 aliphatic carbocycles. The summed E-state index contributed by atoms with van der Waals surface area (Å²) >= 11 is 1.58. The summed E-state index contributed by atoms with van der Waals surface area (Å²) in [5.41, 5.74) is 7.85. The summed E-state index contributed by atoms with van der Waals surface area (Å²) < 4.78 is 1.85. The van der Waals surface area contributed by atoms with Crippen LogP contribution in [0.5, 0.6) is 0 Å². The molecule has 7 heteroatoms. The number of allylic oxidation sites excluding steroid dienone is 1. The minimum Gasteiger partial charge on any atom is -0.328 e. The van der Waals surface area contributed by atoms with Crippen molar-refractivity contribution in [3.63, 3.8) is 0 Å². The third-order valence-corrected chi connectivity index (χ3v) is 8.14. The molecular formula is C32H35N5OS. The van der Waals surface area contributed by atoms with Gasteiger partial charge in [0, 0.05) is 17.1 Å². The van der Waals surface area contributed by atoms with Crippen molar-refractivity contribution in [3.05, 3.63) is 112 Å². The summed E-state index contributed by atoms with van der Waals surface area (Å²) in [4.78, 5) is 18.7. The molecule has 2 heterocycles. The predicted octanol–water partition coefficient (Wildman–Crippen LogP) is 7.41. The van der Waals surface area contributed by atoms with Gasteiger partial charge in [-0.25, -0.2) is 4.68 Å². The monoisotopic (exact) mass is 537 g/mol. The zero-order valence-corrected chi connectivity index (χ0v) is 24.2. The molecule has 0 spiro atoms. The number of benzene rings is 3. The molecule has 0 radical (unpaired) electrons. The fourth-order valence-electron chi connectivity index (χ4n) is 4.76. The second kappa shape index (κ2) is 10.7. The highest BCUT2D eigenvalue weighted by atomic mass is 32.2. The van der Waals surface area contributed by atoms with Crippen LogP contribution < -0.4 is 10.6 Å². The zero-order valence-electron chi connectivity index (χ0n) is 23.4. The van der Waals surface area contributed by atoms with Gasteiger partial charge in [-0.05, 0) is 60.1 Å². The summed E-state index contributed by atoms with van der Waals surface area (Å²) in [7, 11) is 0. The molecule has 1 aromatic heterocycles. The number of fused-ring (bicyclic) bond motifs is 1. The first-order chi connectivity index (χ1) is 18.6.